The molecule has 0 spiro atoms. The lowest BCUT2D eigenvalue weighted by molar-refractivity contribution is 0.232. The minimum Gasteiger partial charge on any atom is -0.312 e. The molecule has 0 atom stereocenters. The zero-order valence-corrected chi connectivity index (χ0v) is 13.1. The summed E-state index contributed by atoms with van der Waals surface area (Å²) in [5.74, 6) is 0. The van der Waals surface area contributed by atoms with Crippen LogP contribution in [0.2, 0.25) is 10.0 Å². The molecule has 0 aliphatic carbocycles. The van der Waals surface area contributed by atoms with Gasteiger partial charge in [-0.2, -0.15) is 0 Å². The molecule has 0 fully saturated rings. The molecule has 4 heteroatoms. The maximum absolute atomic E-state index is 6.13. The van der Waals surface area contributed by atoms with Gasteiger partial charge in [0.2, 0.25) is 0 Å². The largest absolute Gasteiger partial charge is 0.312 e. The predicted molar refractivity (Wildman–Crippen MR) is 80.5 cm³/mol. The van der Waals surface area contributed by atoms with Crippen molar-refractivity contribution in [2.45, 2.75) is 20.4 Å². The third-order valence-corrected chi connectivity index (χ3v) is 3.27. The van der Waals surface area contributed by atoms with Gasteiger partial charge >= 0.3 is 0 Å². The number of nitrogens with zero attached hydrogens (tertiary/aromatic N) is 1. The number of rotatable bonds is 6. The maximum Gasteiger partial charge on any atom is 0.0465 e. The average Bonchev–Trinajstić information content (AvgIpc) is 2.19. The highest BCUT2D eigenvalue weighted by molar-refractivity contribution is 6.35. The third kappa shape index (κ3) is 5.57. The van der Waals surface area contributed by atoms with Crippen LogP contribution in [-0.2, 0) is 6.54 Å². The van der Waals surface area contributed by atoms with Crippen molar-refractivity contribution in [3.8, 4) is 0 Å². The van der Waals surface area contributed by atoms with E-state index >= 15 is 0 Å². The van der Waals surface area contributed by atoms with Crippen molar-refractivity contribution >= 4 is 23.2 Å². The number of halogens is 2. The summed E-state index contributed by atoms with van der Waals surface area (Å²) in [5.41, 5.74) is 1.32. The molecule has 1 aromatic rings. The molecule has 1 rings (SSSR count). The molecule has 2 nitrogen and oxygen atoms in total. The van der Waals surface area contributed by atoms with E-state index in [1.54, 1.807) is 6.07 Å². The van der Waals surface area contributed by atoms with E-state index in [-0.39, 0.29) is 5.41 Å². The molecule has 18 heavy (non-hydrogen) atoms. The lowest BCUT2D eigenvalue weighted by Crippen LogP contribution is -2.37. The second kappa shape index (κ2) is 6.76. The van der Waals surface area contributed by atoms with Crippen molar-refractivity contribution in [1.29, 1.82) is 0 Å². The van der Waals surface area contributed by atoms with Crippen LogP contribution in [0.5, 0.6) is 0 Å². The lowest BCUT2D eigenvalue weighted by Gasteiger charge is -2.28. The van der Waals surface area contributed by atoms with E-state index in [0.29, 0.717) is 5.02 Å². The lowest BCUT2D eigenvalue weighted by atomic mass is 9.93. The quantitative estimate of drug-likeness (QED) is 0.859. The van der Waals surface area contributed by atoms with Crippen LogP contribution in [0, 0.1) is 5.41 Å². The van der Waals surface area contributed by atoms with E-state index < -0.39 is 0 Å². The molecule has 1 N–H and O–H groups in total. The van der Waals surface area contributed by atoms with Gasteiger partial charge in [-0.1, -0.05) is 43.1 Å². The monoisotopic (exact) mass is 288 g/mol. The van der Waals surface area contributed by atoms with Crippen LogP contribution in [0.25, 0.3) is 0 Å². The van der Waals surface area contributed by atoms with E-state index in [4.69, 9.17) is 23.2 Å². The van der Waals surface area contributed by atoms with E-state index in [9.17, 15) is 0 Å². The highest BCUT2D eigenvalue weighted by atomic mass is 35.5. The Balaban J connectivity index is 2.46. The molecule has 0 aliphatic rings. The fraction of sp³-hybridized carbons (Fsp3) is 0.571. The number of hydrogen-bond acceptors (Lipinski definition) is 2. The van der Waals surface area contributed by atoms with Crippen LogP contribution in [0.4, 0.5) is 0 Å². The van der Waals surface area contributed by atoms with Gasteiger partial charge in [-0.05, 0) is 37.2 Å². The van der Waals surface area contributed by atoms with E-state index in [0.717, 1.165) is 30.2 Å². The predicted octanol–water partition coefficient (Wildman–Crippen LogP) is 3.67. The molecule has 0 saturated heterocycles. The zero-order chi connectivity index (χ0) is 13.8. The topological polar surface area (TPSA) is 15.3 Å². The molecule has 0 saturated carbocycles. The van der Waals surface area contributed by atoms with Gasteiger partial charge in [-0.3, -0.25) is 0 Å². The van der Waals surface area contributed by atoms with E-state index in [1.165, 1.54) is 0 Å². The molecular formula is C14H22Cl2N2. The summed E-state index contributed by atoms with van der Waals surface area (Å²) >= 11 is 12.0. The standard InChI is InChI=1S/C14H22Cl2N2/c1-14(2,10-18(3)4)9-17-8-11-5-6-12(15)7-13(11)16/h5-7,17H,8-10H2,1-4H3. The van der Waals surface area contributed by atoms with Gasteiger partial charge in [0.15, 0.2) is 0 Å². The fourth-order valence-corrected chi connectivity index (χ4v) is 2.59. The first kappa shape index (κ1) is 15.8. The van der Waals surface area contributed by atoms with Crippen molar-refractivity contribution < 1.29 is 0 Å². The number of benzene rings is 1. The van der Waals surface area contributed by atoms with Gasteiger partial charge in [0.1, 0.15) is 0 Å². The molecule has 0 aliphatic heterocycles. The first-order chi connectivity index (χ1) is 8.30. The maximum atomic E-state index is 6.13. The summed E-state index contributed by atoms with van der Waals surface area (Å²) in [5, 5.41) is 4.85. The van der Waals surface area contributed by atoms with Crippen molar-refractivity contribution in [3.05, 3.63) is 33.8 Å². The zero-order valence-electron chi connectivity index (χ0n) is 11.6. The summed E-state index contributed by atoms with van der Waals surface area (Å²) < 4.78 is 0. The van der Waals surface area contributed by atoms with Gasteiger partial charge in [-0.25, -0.2) is 0 Å². The van der Waals surface area contributed by atoms with Gasteiger partial charge in [0, 0.05) is 29.7 Å². The van der Waals surface area contributed by atoms with Crippen LogP contribution in [0.15, 0.2) is 18.2 Å². The minimum absolute atomic E-state index is 0.238. The second-order valence-electron chi connectivity index (χ2n) is 5.74. The Hall–Kier alpha value is -0.280. The Labute approximate surface area is 120 Å². The first-order valence-electron chi connectivity index (χ1n) is 6.09. The van der Waals surface area contributed by atoms with Crippen molar-refractivity contribution in [1.82, 2.24) is 10.2 Å². The Morgan fingerprint density at radius 1 is 1.22 bits per heavy atom. The highest BCUT2D eigenvalue weighted by Gasteiger charge is 2.18. The fourth-order valence-electron chi connectivity index (χ4n) is 2.11. The van der Waals surface area contributed by atoms with Crippen molar-refractivity contribution in [3.63, 3.8) is 0 Å². The third-order valence-electron chi connectivity index (χ3n) is 2.68. The van der Waals surface area contributed by atoms with Crippen LogP contribution in [0.3, 0.4) is 0 Å². The van der Waals surface area contributed by atoms with Gasteiger partial charge in [-0.15, -0.1) is 0 Å². The molecule has 102 valence electrons. The Morgan fingerprint density at radius 3 is 2.44 bits per heavy atom. The number of nitrogens with one attached hydrogen (secondary N) is 1. The van der Waals surface area contributed by atoms with Crippen LogP contribution in [0.1, 0.15) is 19.4 Å². The molecule has 0 aromatic heterocycles. The molecule has 0 amide bonds. The smallest absolute Gasteiger partial charge is 0.0465 e. The Morgan fingerprint density at radius 2 is 1.89 bits per heavy atom. The SMILES string of the molecule is CN(C)CC(C)(C)CNCc1ccc(Cl)cc1Cl. The Bertz CT molecular complexity index is 389. The van der Waals surface area contributed by atoms with Gasteiger partial charge in [0.05, 0.1) is 0 Å². The highest BCUT2D eigenvalue weighted by Crippen LogP contribution is 2.21. The van der Waals surface area contributed by atoms with E-state index in [1.807, 2.05) is 12.1 Å². The van der Waals surface area contributed by atoms with Gasteiger partial charge < -0.3 is 10.2 Å². The van der Waals surface area contributed by atoms with Crippen LogP contribution in [-0.4, -0.2) is 32.1 Å². The van der Waals surface area contributed by atoms with E-state index in [2.05, 4.69) is 38.2 Å². The number of hydrogen-bond donors (Lipinski definition) is 1. The average molecular weight is 289 g/mol. The first-order valence-corrected chi connectivity index (χ1v) is 6.85. The normalized spacial score (nSPS) is 12.2. The Kier molecular flexibility index (Phi) is 5.93. The molecule has 0 radical (unpaired) electrons. The van der Waals surface area contributed by atoms with Crippen LogP contribution < -0.4 is 5.32 Å². The molecular weight excluding hydrogens is 267 g/mol. The van der Waals surface area contributed by atoms with Crippen molar-refractivity contribution in [2.75, 3.05) is 27.2 Å². The molecule has 1 aromatic carbocycles. The minimum atomic E-state index is 0.238. The summed E-state index contributed by atoms with van der Waals surface area (Å²) in [6, 6.07) is 5.62. The summed E-state index contributed by atoms with van der Waals surface area (Å²) in [6.45, 7) is 7.28. The second-order valence-corrected chi connectivity index (χ2v) is 6.58. The summed E-state index contributed by atoms with van der Waals surface area (Å²) in [7, 11) is 4.19. The molecule has 0 unspecified atom stereocenters. The molecule has 0 bridgehead atoms. The van der Waals surface area contributed by atoms with Crippen LogP contribution >= 0.6 is 23.2 Å². The summed E-state index contributed by atoms with van der Waals surface area (Å²) in [6.07, 6.45) is 0. The van der Waals surface area contributed by atoms with Gasteiger partial charge in [0.25, 0.3) is 0 Å². The summed E-state index contributed by atoms with van der Waals surface area (Å²) in [4.78, 5) is 2.21. The van der Waals surface area contributed by atoms with Crippen molar-refractivity contribution in [2.24, 2.45) is 5.41 Å². The molecule has 0 heterocycles.